The number of hydrogen-bond acceptors (Lipinski definition) is 7. The number of primary amides is 1. The number of likely N-dealkylation sites (tertiary alicyclic amines) is 1. The molecule has 218 valence electrons. The average Bonchev–Trinajstić information content (AvgIpc) is 3.71. The molecule has 0 radical (unpaired) electrons. The van der Waals surface area contributed by atoms with Gasteiger partial charge < -0.3 is 42.1 Å². The van der Waals surface area contributed by atoms with E-state index in [1.54, 1.807) is 6.20 Å². The highest BCUT2D eigenvalue weighted by Gasteiger charge is 2.38. The lowest BCUT2D eigenvalue weighted by Crippen LogP contribution is -2.58. The molecule has 41 heavy (non-hydrogen) atoms. The van der Waals surface area contributed by atoms with Gasteiger partial charge in [0.1, 0.15) is 18.1 Å². The Morgan fingerprint density at radius 2 is 1.83 bits per heavy atom. The standard InChI is InChI=1S/C27H34N8O6/c28-18(10-15-12-31-19-5-2-1-4-17(15)19)24(37)34-21(11-16-13-30-14-32-16)25(38)33-20(7-8-23(29)36)26(39)35-9-3-6-22(35)27(40)41/h1-2,4-5,12-14,18,20-22,31H,3,6-11,28H2,(H2,29,36)(H,30,32)(H,33,38)(H,34,37)(H,40,41). The number of nitrogens with zero attached hydrogens (tertiary/aromatic N) is 2. The van der Waals surface area contributed by atoms with Gasteiger partial charge in [-0.05, 0) is 37.3 Å². The second kappa shape index (κ2) is 13.1. The molecular formula is C27H34N8O6. The van der Waals surface area contributed by atoms with Crippen LogP contribution >= 0.6 is 0 Å². The number of imidazole rings is 1. The van der Waals surface area contributed by atoms with Gasteiger partial charge in [-0.25, -0.2) is 9.78 Å². The van der Waals surface area contributed by atoms with Crippen molar-refractivity contribution >= 4 is 40.5 Å². The van der Waals surface area contributed by atoms with Crippen molar-refractivity contribution in [3.63, 3.8) is 0 Å². The minimum absolute atomic E-state index is 0.00950. The number of carbonyl (C=O) groups is 5. The van der Waals surface area contributed by atoms with Crippen molar-refractivity contribution in [3.05, 3.63) is 54.2 Å². The molecule has 1 aliphatic heterocycles. The Hall–Kier alpha value is -4.72. The molecule has 0 aliphatic carbocycles. The van der Waals surface area contributed by atoms with Gasteiger partial charge in [0.15, 0.2) is 0 Å². The molecule has 3 aromatic rings. The first-order valence-corrected chi connectivity index (χ1v) is 13.3. The summed E-state index contributed by atoms with van der Waals surface area (Å²) < 4.78 is 0. The fourth-order valence-electron chi connectivity index (χ4n) is 5.04. The molecule has 1 aromatic carbocycles. The summed E-state index contributed by atoms with van der Waals surface area (Å²) in [5.74, 6) is -3.75. The number of benzene rings is 1. The fourth-order valence-corrected chi connectivity index (χ4v) is 5.04. The third-order valence-electron chi connectivity index (χ3n) is 7.18. The predicted octanol–water partition coefficient (Wildman–Crippen LogP) is -0.686. The molecule has 1 saturated heterocycles. The van der Waals surface area contributed by atoms with Gasteiger partial charge in [0, 0.05) is 48.4 Å². The van der Waals surface area contributed by atoms with Crippen LogP contribution in [0.5, 0.6) is 0 Å². The minimum atomic E-state index is -1.23. The average molecular weight is 567 g/mol. The van der Waals surface area contributed by atoms with Gasteiger partial charge in [-0.3, -0.25) is 19.2 Å². The van der Waals surface area contributed by atoms with E-state index in [4.69, 9.17) is 11.5 Å². The number of amides is 4. The number of fused-ring (bicyclic) bond motifs is 1. The van der Waals surface area contributed by atoms with Crippen LogP contribution in [0.2, 0.25) is 0 Å². The summed E-state index contributed by atoms with van der Waals surface area (Å²) in [6.45, 7) is 0.204. The van der Waals surface area contributed by atoms with Gasteiger partial charge >= 0.3 is 5.97 Å². The third kappa shape index (κ3) is 7.28. The monoisotopic (exact) mass is 566 g/mol. The number of aliphatic carboxylic acids is 1. The SMILES string of the molecule is NC(=O)CCC(NC(=O)C(Cc1cnc[nH]1)NC(=O)C(N)Cc1c[nH]c2ccccc12)C(=O)N1CCCC1C(=O)O. The van der Waals surface area contributed by atoms with Crippen LogP contribution in [0.3, 0.4) is 0 Å². The van der Waals surface area contributed by atoms with E-state index in [1.807, 2.05) is 24.3 Å². The number of H-pyrrole nitrogens is 2. The maximum atomic E-state index is 13.5. The maximum Gasteiger partial charge on any atom is 0.326 e. The number of aromatic amines is 2. The molecule has 1 fully saturated rings. The second-order valence-corrected chi connectivity index (χ2v) is 10.1. The van der Waals surface area contributed by atoms with E-state index in [2.05, 4.69) is 25.6 Å². The lowest BCUT2D eigenvalue weighted by atomic mass is 10.0. The van der Waals surface area contributed by atoms with Crippen molar-refractivity contribution in [2.45, 2.75) is 62.7 Å². The molecule has 0 bridgehead atoms. The summed E-state index contributed by atoms with van der Waals surface area (Å²) in [7, 11) is 0. The van der Waals surface area contributed by atoms with Crippen molar-refractivity contribution in [3.8, 4) is 0 Å². The quantitative estimate of drug-likeness (QED) is 0.140. The Morgan fingerprint density at radius 1 is 1.07 bits per heavy atom. The van der Waals surface area contributed by atoms with Gasteiger partial charge in [-0.1, -0.05) is 18.2 Å². The van der Waals surface area contributed by atoms with Crippen LogP contribution in [-0.4, -0.2) is 85.3 Å². The lowest BCUT2D eigenvalue weighted by molar-refractivity contribution is -0.149. The van der Waals surface area contributed by atoms with E-state index in [1.165, 1.54) is 17.4 Å². The number of rotatable bonds is 13. The lowest BCUT2D eigenvalue weighted by Gasteiger charge is -2.28. The normalized spacial score (nSPS) is 17.1. The van der Waals surface area contributed by atoms with Gasteiger partial charge in [-0.2, -0.15) is 0 Å². The smallest absolute Gasteiger partial charge is 0.326 e. The number of nitrogens with two attached hydrogens (primary N) is 2. The van der Waals surface area contributed by atoms with E-state index in [0.29, 0.717) is 12.1 Å². The maximum absolute atomic E-state index is 13.5. The Bertz CT molecular complexity index is 1400. The van der Waals surface area contributed by atoms with Crippen LogP contribution in [0.15, 0.2) is 43.0 Å². The van der Waals surface area contributed by atoms with Gasteiger partial charge in [0.2, 0.25) is 23.6 Å². The highest BCUT2D eigenvalue weighted by molar-refractivity contribution is 5.95. The Kier molecular flexibility index (Phi) is 9.34. The van der Waals surface area contributed by atoms with Crippen molar-refractivity contribution in [1.82, 2.24) is 30.5 Å². The molecule has 0 spiro atoms. The van der Waals surface area contributed by atoms with Gasteiger partial charge in [0.05, 0.1) is 12.4 Å². The summed E-state index contributed by atoms with van der Waals surface area (Å²) >= 11 is 0. The predicted molar refractivity (Wildman–Crippen MR) is 147 cm³/mol. The fraction of sp³-hybridized carbons (Fsp3) is 0.407. The number of carboxylic acid groups (broad SMARTS) is 1. The summed E-state index contributed by atoms with van der Waals surface area (Å²) in [6.07, 6.45) is 5.35. The summed E-state index contributed by atoms with van der Waals surface area (Å²) in [5.41, 5.74) is 13.8. The van der Waals surface area contributed by atoms with Crippen molar-refractivity contribution in [2.24, 2.45) is 11.5 Å². The number of nitrogens with one attached hydrogen (secondary N) is 4. The van der Waals surface area contributed by atoms with Crippen LogP contribution in [-0.2, 0) is 36.8 Å². The molecule has 14 nitrogen and oxygen atoms in total. The number of para-hydroxylation sites is 1. The van der Waals surface area contributed by atoms with Crippen LogP contribution in [0.25, 0.3) is 10.9 Å². The molecule has 3 heterocycles. The Labute approximate surface area is 235 Å². The zero-order valence-corrected chi connectivity index (χ0v) is 22.3. The highest BCUT2D eigenvalue weighted by Crippen LogP contribution is 2.20. The summed E-state index contributed by atoms with van der Waals surface area (Å²) in [5, 5.41) is 15.7. The molecule has 4 unspecified atom stereocenters. The highest BCUT2D eigenvalue weighted by atomic mass is 16.4. The van der Waals surface area contributed by atoms with Crippen LogP contribution < -0.4 is 22.1 Å². The largest absolute Gasteiger partial charge is 0.480 e. The zero-order chi connectivity index (χ0) is 29.5. The van der Waals surface area contributed by atoms with Crippen LogP contribution in [0.4, 0.5) is 0 Å². The first kappa shape index (κ1) is 29.3. The van der Waals surface area contributed by atoms with E-state index >= 15 is 0 Å². The second-order valence-electron chi connectivity index (χ2n) is 10.1. The number of carbonyl (C=O) groups excluding carboxylic acids is 4. The molecular weight excluding hydrogens is 532 g/mol. The molecule has 9 N–H and O–H groups in total. The van der Waals surface area contributed by atoms with E-state index in [9.17, 15) is 29.1 Å². The number of aromatic nitrogens is 3. The van der Waals surface area contributed by atoms with E-state index in [-0.39, 0.29) is 38.6 Å². The van der Waals surface area contributed by atoms with Crippen molar-refractivity contribution in [2.75, 3.05) is 6.54 Å². The van der Waals surface area contributed by atoms with Crippen molar-refractivity contribution in [1.29, 1.82) is 0 Å². The molecule has 1 aliphatic rings. The summed E-state index contributed by atoms with van der Waals surface area (Å²) in [4.78, 5) is 74.3. The van der Waals surface area contributed by atoms with E-state index < -0.39 is 53.8 Å². The van der Waals surface area contributed by atoms with Crippen LogP contribution in [0, 0.1) is 0 Å². The van der Waals surface area contributed by atoms with Crippen molar-refractivity contribution < 1.29 is 29.1 Å². The molecule has 2 aromatic heterocycles. The number of hydrogen-bond donors (Lipinski definition) is 7. The molecule has 4 atom stereocenters. The first-order chi connectivity index (χ1) is 19.6. The Balaban J connectivity index is 1.49. The number of carboxylic acids is 1. The molecule has 14 heteroatoms. The minimum Gasteiger partial charge on any atom is -0.480 e. The molecule has 4 amide bonds. The topological polar surface area (TPSA) is 229 Å². The van der Waals surface area contributed by atoms with Gasteiger partial charge in [0.25, 0.3) is 0 Å². The first-order valence-electron chi connectivity index (χ1n) is 13.3. The molecule has 4 rings (SSSR count). The third-order valence-corrected chi connectivity index (χ3v) is 7.18. The van der Waals surface area contributed by atoms with Gasteiger partial charge in [-0.15, -0.1) is 0 Å². The van der Waals surface area contributed by atoms with Crippen LogP contribution in [0.1, 0.15) is 36.9 Å². The summed E-state index contributed by atoms with van der Waals surface area (Å²) in [6, 6.07) is 3.20. The zero-order valence-electron chi connectivity index (χ0n) is 22.3. The Morgan fingerprint density at radius 3 is 2.54 bits per heavy atom. The molecule has 0 saturated carbocycles. The van der Waals surface area contributed by atoms with E-state index in [0.717, 1.165) is 16.5 Å².